The van der Waals surface area contributed by atoms with Crippen LogP contribution in [0, 0.1) is 5.92 Å². The van der Waals surface area contributed by atoms with E-state index in [1.165, 1.54) is 12.8 Å². The molecule has 1 heterocycles. The maximum absolute atomic E-state index is 8.55. The molecule has 4 nitrogen and oxygen atoms in total. The summed E-state index contributed by atoms with van der Waals surface area (Å²) >= 11 is 0. The van der Waals surface area contributed by atoms with Crippen molar-refractivity contribution in [1.29, 1.82) is 0 Å². The number of nitrogens with two attached hydrogens (primary N) is 1. The Labute approximate surface area is 92.1 Å². The second-order valence-electron chi connectivity index (χ2n) is 4.84. The van der Waals surface area contributed by atoms with E-state index in [4.69, 9.17) is 10.9 Å². The molecule has 3 N–H and O–H groups in total. The van der Waals surface area contributed by atoms with Gasteiger partial charge < -0.3 is 10.9 Å². The molecule has 2 atom stereocenters. The van der Waals surface area contributed by atoms with Gasteiger partial charge in [-0.3, -0.25) is 4.90 Å². The molecule has 4 heteroatoms. The van der Waals surface area contributed by atoms with Crippen LogP contribution in [0.2, 0.25) is 0 Å². The molecule has 15 heavy (non-hydrogen) atoms. The van der Waals surface area contributed by atoms with Gasteiger partial charge in [0, 0.05) is 18.5 Å². The third-order valence-electron chi connectivity index (χ3n) is 3.31. The van der Waals surface area contributed by atoms with Crippen LogP contribution in [-0.4, -0.2) is 34.6 Å². The first kappa shape index (κ1) is 12.3. The molecule has 1 aliphatic rings. The molecule has 0 aromatic carbocycles. The number of rotatable bonds is 4. The van der Waals surface area contributed by atoms with Crippen molar-refractivity contribution in [2.75, 3.05) is 6.54 Å². The van der Waals surface area contributed by atoms with Gasteiger partial charge in [0.15, 0.2) is 0 Å². The Balaban J connectivity index is 2.54. The van der Waals surface area contributed by atoms with Crippen LogP contribution >= 0.6 is 0 Å². The van der Waals surface area contributed by atoms with Crippen molar-refractivity contribution < 1.29 is 5.21 Å². The zero-order valence-corrected chi connectivity index (χ0v) is 9.98. The first-order valence-corrected chi connectivity index (χ1v) is 5.78. The molecule has 1 rings (SSSR count). The van der Waals surface area contributed by atoms with Gasteiger partial charge in [-0.1, -0.05) is 19.0 Å². The molecule has 1 saturated heterocycles. The average molecular weight is 213 g/mol. The standard InChI is InChI=1S/C11H23N3O/c1-8(2)10-5-4-6-14(10)9(3)7-11(12)13-15/h8-10,15H,4-7H2,1-3H3,(H2,12,13). The highest BCUT2D eigenvalue weighted by molar-refractivity contribution is 5.80. The molecule has 0 aromatic rings. The number of hydrogen-bond donors (Lipinski definition) is 2. The molecule has 2 unspecified atom stereocenters. The lowest BCUT2D eigenvalue weighted by Gasteiger charge is -2.32. The second kappa shape index (κ2) is 5.35. The smallest absolute Gasteiger partial charge is 0.140 e. The summed E-state index contributed by atoms with van der Waals surface area (Å²) in [7, 11) is 0. The summed E-state index contributed by atoms with van der Waals surface area (Å²) in [4.78, 5) is 2.49. The van der Waals surface area contributed by atoms with Gasteiger partial charge in [0.2, 0.25) is 0 Å². The molecule has 0 saturated carbocycles. The van der Waals surface area contributed by atoms with Crippen molar-refractivity contribution in [3.8, 4) is 0 Å². The van der Waals surface area contributed by atoms with Crippen molar-refractivity contribution in [3.05, 3.63) is 0 Å². The summed E-state index contributed by atoms with van der Waals surface area (Å²) in [5.74, 6) is 1.01. The van der Waals surface area contributed by atoms with Crippen LogP contribution in [0.1, 0.15) is 40.0 Å². The Hall–Kier alpha value is -0.770. The van der Waals surface area contributed by atoms with Gasteiger partial charge in [0.05, 0.1) is 0 Å². The van der Waals surface area contributed by atoms with Gasteiger partial charge in [-0.05, 0) is 32.2 Å². The van der Waals surface area contributed by atoms with Gasteiger partial charge >= 0.3 is 0 Å². The van der Waals surface area contributed by atoms with Crippen molar-refractivity contribution in [2.24, 2.45) is 16.8 Å². The lowest BCUT2D eigenvalue weighted by molar-refractivity contribution is 0.158. The highest BCUT2D eigenvalue weighted by Crippen LogP contribution is 2.26. The Morgan fingerprint density at radius 3 is 2.73 bits per heavy atom. The van der Waals surface area contributed by atoms with E-state index in [0.717, 1.165) is 6.54 Å². The van der Waals surface area contributed by atoms with Crippen LogP contribution in [-0.2, 0) is 0 Å². The Kier molecular flexibility index (Phi) is 4.39. The molecular formula is C11H23N3O. The normalized spacial score (nSPS) is 26.1. The SMILES string of the molecule is CC(C)C1CCCN1C(C)CC(N)=NO. The van der Waals surface area contributed by atoms with Gasteiger partial charge in [0.1, 0.15) is 5.84 Å². The summed E-state index contributed by atoms with van der Waals surface area (Å²) in [6, 6.07) is 1.03. The Bertz CT molecular complexity index is 228. The predicted molar refractivity (Wildman–Crippen MR) is 62.1 cm³/mol. The van der Waals surface area contributed by atoms with E-state index >= 15 is 0 Å². The average Bonchev–Trinajstić information content (AvgIpc) is 2.65. The number of nitrogens with zero attached hydrogens (tertiary/aromatic N) is 2. The summed E-state index contributed by atoms with van der Waals surface area (Å²) in [5, 5.41) is 11.6. The summed E-state index contributed by atoms with van der Waals surface area (Å²) in [6.45, 7) is 7.82. The van der Waals surface area contributed by atoms with E-state index in [0.29, 0.717) is 30.3 Å². The van der Waals surface area contributed by atoms with Crippen molar-refractivity contribution >= 4 is 5.84 Å². The lowest BCUT2D eigenvalue weighted by atomic mass is 10.0. The number of amidine groups is 1. The second-order valence-corrected chi connectivity index (χ2v) is 4.84. The van der Waals surface area contributed by atoms with Gasteiger partial charge in [-0.15, -0.1) is 0 Å². The molecule has 0 radical (unpaired) electrons. The molecule has 0 bridgehead atoms. The largest absolute Gasteiger partial charge is 0.409 e. The molecule has 1 fully saturated rings. The fourth-order valence-electron chi connectivity index (χ4n) is 2.54. The van der Waals surface area contributed by atoms with E-state index in [2.05, 4.69) is 30.8 Å². The lowest BCUT2D eigenvalue weighted by Crippen LogP contribution is -2.41. The highest BCUT2D eigenvalue weighted by atomic mass is 16.4. The zero-order valence-electron chi connectivity index (χ0n) is 9.98. The molecule has 0 spiro atoms. The first-order chi connectivity index (χ1) is 7.06. The van der Waals surface area contributed by atoms with E-state index < -0.39 is 0 Å². The molecule has 1 aliphatic heterocycles. The van der Waals surface area contributed by atoms with Crippen molar-refractivity contribution in [2.45, 2.75) is 52.1 Å². The maximum atomic E-state index is 8.55. The first-order valence-electron chi connectivity index (χ1n) is 5.78. The summed E-state index contributed by atoms with van der Waals surface area (Å²) in [6.07, 6.45) is 3.20. The third-order valence-corrected chi connectivity index (χ3v) is 3.31. The predicted octanol–water partition coefficient (Wildman–Crippen LogP) is 1.63. The molecule has 88 valence electrons. The van der Waals surface area contributed by atoms with Gasteiger partial charge in [-0.25, -0.2) is 0 Å². The van der Waals surface area contributed by atoms with Crippen LogP contribution in [0.15, 0.2) is 5.16 Å². The fraction of sp³-hybridized carbons (Fsp3) is 0.909. The monoisotopic (exact) mass is 213 g/mol. The third kappa shape index (κ3) is 3.09. The van der Waals surface area contributed by atoms with Crippen molar-refractivity contribution in [1.82, 2.24) is 4.90 Å². The zero-order chi connectivity index (χ0) is 11.4. The van der Waals surface area contributed by atoms with E-state index in [9.17, 15) is 0 Å². The number of oxime groups is 1. The van der Waals surface area contributed by atoms with Crippen LogP contribution in [0.25, 0.3) is 0 Å². The van der Waals surface area contributed by atoms with E-state index in [1.807, 2.05) is 0 Å². The quantitative estimate of drug-likeness (QED) is 0.323. The summed E-state index contributed by atoms with van der Waals surface area (Å²) in [5.41, 5.74) is 5.54. The highest BCUT2D eigenvalue weighted by Gasteiger charge is 2.30. The Morgan fingerprint density at radius 2 is 2.20 bits per heavy atom. The minimum absolute atomic E-state index is 0.330. The van der Waals surface area contributed by atoms with Crippen LogP contribution < -0.4 is 5.73 Å². The van der Waals surface area contributed by atoms with Gasteiger partial charge in [0.25, 0.3) is 0 Å². The minimum atomic E-state index is 0.330. The molecule has 0 aliphatic carbocycles. The van der Waals surface area contributed by atoms with Crippen LogP contribution in [0.5, 0.6) is 0 Å². The Morgan fingerprint density at radius 1 is 1.53 bits per heavy atom. The van der Waals surface area contributed by atoms with E-state index in [1.54, 1.807) is 0 Å². The summed E-state index contributed by atoms with van der Waals surface area (Å²) < 4.78 is 0. The van der Waals surface area contributed by atoms with Gasteiger partial charge in [-0.2, -0.15) is 0 Å². The molecule has 0 aromatic heterocycles. The van der Waals surface area contributed by atoms with Crippen LogP contribution in [0.4, 0.5) is 0 Å². The number of likely N-dealkylation sites (tertiary alicyclic amines) is 1. The topological polar surface area (TPSA) is 61.8 Å². The van der Waals surface area contributed by atoms with Crippen LogP contribution in [0.3, 0.4) is 0 Å². The maximum Gasteiger partial charge on any atom is 0.140 e. The molecular weight excluding hydrogens is 190 g/mol. The molecule has 0 amide bonds. The minimum Gasteiger partial charge on any atom is -0.409 e. The fourth-order valence-corrected chi connectivity index (χ4v) is 2.54. The van der Waals surface area contributed by atoms with E-state index in [-0.39, 0.29) is 0 Å². The van der Waals surface area contributed by atoms with Crippen molar-refractivity contribution in [3.63, 3.8) is 0 Å². The number of hydrogen-bond acceptors (Lipinski definition) is 3.